The van der Waals surface area contributed by atoms with Crippen LogP contribution in [-0.2, 0) is 0 Å². The van der Waals surface area contributed by atoms with E-state index in [0.717, 1.165) is 0 Å². The van der Waals surface area contributed by atoms with Crippen LogP contribution in [0.4, 0.5) is 11.4 Å². The third-order valence-corrected chi connectivity index (χ3v) is 3.34. The average molecular weight is 280 g/mol. The number of nitrogen functional groups attached to an aromatic ring is 1. The fourth-order valence-corrected chi connectivity index (χ4v) is 2.24. The summed E-state index contributed by atoms with van der Waals surface area (Å²) in [5, 5.41) is 20.8. The number of anilines is 1. The number of carbonyl (C=O) groups excluding carboxylic acids is 1. The average Bonchev–Trinajstić information content (AvgIpc) is 2.77. The number of benzene rings is 1. The van der Waals surface area contributed by atoms with Gasteiger partial charge in [-0.15, -0.1) is 0 Å². The van der Waals surface area contributed by atoms with Crippen molar-refractivity contribution in [1.29, 1.82) is 0 Å². The molecule has 4 N–H and O–H groups in total. The first-order chi connectivity index (χ1) is 9.34. The number of rotatable bonds is 3. The fraction of sp³-hybridized carbons (Fsp3) is 0.417. The number of hydrazine groups is 1. The number of aliphatic hydroxyl groups is 1. The Bertz CT molecular complexity index is 558. The first-order valence-electron chi connectivity index (χ1n) is 6.11. The Labute approximate surface area is 115 Å². The zero-order valence-electron chi connectivity index (χ0n) is 11.0. The van der Waals surface area contributed by atoms with Gasteiger partial charge in [-0.2, -0.15) is 0 Å². The number of β-amino-alcohol motifs (C(OH)–C–C–N with tert-alkyl or cyclic N) is 1. The molecule has 20 heavy (non-hydrogen) atoms. The molecule has 0 aliphatic carbocycles. The van der Waals surface area contributed by atoms with Crippen LogP contribution in [0.25, 0.3) is 0 Å². The molecule has 0 saturated carbocycles. The number of carbonyl (C=O) groups is 1. The molecule has 1 aromatic rings. The summed E-state index contributed by atoms with van der Waals surface area (Å²) in [5.74, 6) is 4.85. The van der Waals surface area contributed by atoms with Gasteiger partial charge in [-0.1, -0.05) is 0 Å². The van der Waals surface area contributed by atoms with Crippen molar-refractivity contribution >= 4 is 17.3 Å². The second-order valence-corrected chi connectivity index (χ2v) is 5.11. The quantitative estimate of drug-likeness (QED) is 0.420. The van der Waals surface area contributed by atoms with Crippen molar-refractivity contribution in [3.63, 3.8) is 0 Å². The van der Waals surface area contributed by atoms with Crippen molar-refractivity contribution in [3.8, 4) is 0 Å². The third-order valence-electron chi connectivity index (χ3n) is 3.34. The van der Waals surface area contributed by atoms with E-state index < -0.39 is 10.5 Å². The Hall–Kier alpha value is -2.19. The molecule has 0 aromatic heterocycles. The van der Waals surface area contributed by atoms with Crippen molar-refractivity contribution in [2.75, 3.05) is 18.5 Å². The van der Waals surface area contributed by atoms with Gasteiger partial charge in [0.05, 0.1) is 10.5 Å². The first-order valence-corrected chi connectivity index (χ1v) is 6.11. The van der Waals surface area contributed by atoms with Crippen molar-refractivity contribution in [2.24, 2.45) is 5.84 Å². The van der Waals surface area contributed by atoms with E-state index in [-0.39, 0.29) is 29.4 Å². The summed E-state index contributed by atoms with van der Waals surface area (Å²) in [6.07, 6.45) is 0.489. The minimum atomic E-state index is -0.902. The van der Waals surface area contributed by atoms with Gasteiger partial charge in [-0.05, 0) is 25.5 Å². The maximum atomic E-state index is 12.2. The Kier molecular flexibility index (Phi) is 3.60. The monoisotopic (exact) mass is 280 g/mol. The number of nitro groups is 1. The Morgan fingerprint density at radius 1 is 1.60 bits per heavy atom. The number of nitrogens with two attached hydrogens (primary N) is 1. The van der Waals surface area contributed by atoms with E-state index in [9.17, 15) is 20.0 Å². The highest BCUT2D eigenvalue weighted by atomic mass is 16.6. The summed E-state index contributed by atoms with van der Waals surface area (Å²) < 4.78 is 0. The van der Waals surface area contributed by atoms with Gasteiger partial charge in [-0.3, -0.25) is 20.8 Å². The highest BCUT2D eigenvalue weighted by Gasteiger charge is 2.34. The van der Waals surface area contributed by atoms with Gasteiger partial charge in [0, 0.05) is 24.7 Å². The van der Waals surface area contributed by atoms with Gasteiger partial charge >= 0.3 is 0 Å². The highest BCUT2D eigenvalue weighted by molar-refractivity contribution is 5.96. The van der Waals surface area contributed by atoms with E-state index in [1.807, 2.05) is 0 Å². The van der Waals surface area contributed by atoms with E-state index in [4.69, 9.17) is 5.84 Å². The molecule has 0 radical (unpaired) electrons. The number of hydrogen-bond donors (Lipinski definition) is 3. The summed E-state index contributed by atoms with van der Waals surface area (Å²) >= 11 is 0. The van der Waals surface area contributed by atoms with Crippen LogP contribution < -0.4 is 11.3 Å². The maximum Gasteiger partial charge on any atom is 0.294 e. The molecule has 108 valence electrons. The second kappa shape index (κ2) is 5.06. The van der Waals surface area contributed by atoms with Crippen molar-refractivity contribution in [2.45, 2.75) is 18.9 Å². The van der Waals surface area contributed by atoms with Gasteiger partial charge < -0.3 is 15.4 Å². The molecule has 8 nitrogen and oxygen atoms in total. The number of hydrogen-bond acceptors (Lipinski definition) is 6. The lowest BCUT2D eigenvalue weighted by atomic mass is 10.1. The van der Waals surface area contributed by atoms with Crippen LogP contribution in [0.15, 0.2) is 18.2 Å². The van der Waals surface area contributed by atoms with E-state index in [0.29, 0.717) is 13.0 Å². The lowest BCUT2D eigenvalue weighted by Crippen LogP contribution is -2.33. The fourth-order valence-electron chi connectivity index (χ4n) is 2.24. The normalized spacial score (nSPS) is 21.9. The zero-order valence-corrected chi connectivity index (χ0v) is 11.0. The van der Waals surface area contributed by atoms with Crippen LogP contribution in [0, 0.1) is 10.1 Å². The minimum Gasteiger partial charge on any atom is -0.388 e. The zero-order chi connectivity index (χ0) is 14.9. The van der Waals surface area contributed by atoms with Crippen molar-refractivity contribution in [3.05, 3.63) is 33.9 Å². The molecule has 1 amide bonds. The molecule has 1 aliphatic rings. The minimum absolute atomic E-state index is 0.139. The Morgan fingerprint density at radius 2 is 2.30 bits per heavy atom. The largest absolute Gasteiger partial charge is 0.388 e. The topological polar surface area (TPSA) is 122 Å². The van der Waals surface area contributed by atoms with Crippen molar-refractivity contribution in [1.82, 2.24) is 4.90 Å². The molecule has 0 bridgehead atoms. The molecule has 1 saturated heterocycles. The third kappa shape index (κ3) is 2.70. The standard InChI is InChI=1S/C12H16N4O4/c1-12(18)4-5-15(7-12)11(17)8-2-3-9(14-13)10(6-8)16(19)20/h2-3,6,14,18H,4-5,7,13H2,1H3. The maximum absolute atomic E-state index is 12.2. The summed E-state index contributed by atoms with van der Waals surface area (Å²) in [7, 11) is 0. The van der Waals surface area contributed by atoms with Crippen molar-refractivity contribution < 1.29 is 14.8 Å². The van der Waals surface area contributed by atoms with Gasteiger partial charge in [0.15, 0.2) is 0 Å². The van der Waals surface area contributed by atoms with Gasteiger partial charge in [0.25, 0.3) is 11.6 Å². The summed E-state index contributed by atoms with van der Waals surface area (Å²) in [5.41, 5.74) is 1.40. The van der Waals surface area contributed by atoms with Crippen LogP contribution in [0.5, 0.6) is 0 Å². The molecule has 0 spiro atoms. The van der Waals surface area contributed by atoms with E-state index in [2.05, 4.69) is 5.43 Å². The summed E-state index contributed by atoms with van der Waals surface area (Å²) in [6, 6.07) is 4.04. The summed E-state index contributed by atoms with van der Waals surface area (Å²) in [4.78, 5) is 24.1. The summed E-state index contributed by atoms with van der Waals surface area (Å²) in [6.45, 7) is 2.30. The highest BCUT2D eigenvalue weighted by Crippen LogP contribution is 2.27. The molecule has 2 rings (SSSR count). The molecule has 1 fully saturated rings. The van der Waals surface area contributed by atoms with E-state index in [1.54, 1.807) is 6.92 Å². The molecule has 1 atom stereocenters. The molecule has 8 heteroatoms. The number of nitrogens with one attached hydrogen (secondary N) is 1. The molecule has 1 aromatic carbocycles. The predicted molar refractivity (Wildman–Crippen MR) is 72.1 cm³/mol. The first kappa shape index (κ1) is 14.2. The second-order valence-electron chi connectivity index (χ2n) is 5.11. The Morgan fingerprint density at radius 3 is 2.80 bits per heavy atom. The van der Waals surface area contributed by atoms with Crippen LogP contribution in [-0.4, -0.2) is 39.5 Å². The number of nitrogens with zero attached hydrogens (tertiary/aromatic N) is 2. The number of amides is 1. The van der Waals surface area contributed by atoms with Gasteiger partial charge in [-0.25, -0.2) is 0 Å². The van der Waals surface area contributed by atoms with E-state index >= 15 is 0 Å². The molecular formula is C12H16N4O4. The number of nitro benzene ring substituents is 1. The van der Waals surface area contributed by atoms with Gasteiger partial charge in [0.1, 0.15) is 5.69 Å². The van der Waals surface area contributed by atoms with Crippen LogP contribution in [0.3, 0.4) is 0 Å². The lowest BCUT2D eigenvalue weighted by molar-refractivity contribution is -0.384. The molecule has 1 aliphatic heterocycles. The molecule has 1 heterocycles. The number of likely N-dealkylation sites (tertiary alicyclic amines) is 1. The molecular weight excluding hydrogens is 264 g/mol. The predicted octanol–water partition coefficient (Wildman–Crippen LogP) is 0.477. The van der Waals surface area contributed by atoms with Crippen LogP contribution in [0.2, 0.25) is 0 Å². The van der Waals surface area contributed by atoms with Crippen LogP contribution in [0.1, 0.15) is 23.7 Å². The van der Waals surface area contributed by atoms with Gasteiger partial charge in [0.2, 0.25) is 0 Å². The Balaban J connectivity index is 2.27. The lowest BCUT2D eigenvalue weighted by Gasteiger charge is -2.19. The molecule has 1 unspecified atom stereocenters. The smallest absolute Gasteiger partial charge is 0.294 e. The van der Waals surface area contributed by atoms with E-state index in [1.165, 1.54) is 23.1 Å². The SMILES string of the molecule is CC1(O)CCN(C(=O)c2ccc(NN)c([N+](=O)[O-])c2)C1. The van der Waals surface area contributed by atoms with Crippen LogP contribution >= 0.6 is 0 Å².